The minimum Gasteiger partial charge on any atom is -0.477 e. The third kappa shape index (κ3) is 10.5. The maximum absolute atomic E-state index is 10.6. The molecule has 10 nitrogen and oxygen atoms in total. The Morgan fingerprint density at radius 2 is 1.63 bits per heavy atom. The fourth-order valence-electron chi connectivity index (χ4n) is 3.65. The summed E-state index contributed by atoms with van der Waals surface area (Å²) in [5, 5.41) is 14.2. The number of imidazole rings is 1. The van der Waals surface area contributed by atoms with Gasteiger partial charge < -0.3 is 24.3 Å². The van der Waals surface area contributed by atoms with Gasteiger partial charge in [-0.15, -0.1) is 0 Å². The van der Waals surface area contributed by atoms with E-state index in [1.54, 1.807) is 6.20 Å². The zero-order valence-corrected chi connectivity index (χ0v) is 19.9. The number of aromatic nitrogens is 3. The van der Waals surface area contributed by atoms with Crippen molar-refractivity contribution >= 4 is 11.9 Å². The highest BCUT2D eigenvalue weighted by molar-refractivity contribution is 5.73. The van der Waals surface area contributed by atoms with Crippen molar-refractivity contribution in [2.75, 3.05) is 26.4 Å². The SMILES string of the molecule is O=C(O)C(F)(F)F.O=C(O)C(F)(F)F.c1ccc(OCC2CN(C3CCOCC3)Cc3cncn3C2)nc1. The highest BCUT2D eigenvalue weighted by atomic mass is 19.4. The molecule has 1 saturated heterocycles. The van der Waals surface area contributed by atoms with E-state index in [4.69, 9.17) is 29.3 Å². The summed E-state index contributed by atoms with van der Waals surface area (Å²) in [7, 11) is 0. The Balaban J connectivity index is 0.000000301. The zero-order chi connectivity index (χ0) is 28.3. The van der Waals surface area contributed by atoms with Crippen LogP contribution in [0.5, 0.6) is 5.88 Å². The Morgan fingerprint density at radius 3 is 2.16 bits per heavy atom. The maximum Gasteiger partial charge on any atom is 0.490 e. The van der Waals surface area contributed by atoms with E-state index in [2.05, 4.69) is 19.4 Å². The molecule has 0 amide bonds. The number of ether oxygens (including phenoxy) is 2. The number of fused-ring (bicyclic) bond motifs is 1. The lowest BCUT2D eigenvalue weighted by atomic mass is 10.0. The topological polar surface area (TPSA) is 127 Å². The van der Waals surface area contributed by atoms with E-state index in [9.17, 15) is 26.3 Å². The summed E-state index contributed by atoms with van der Waals surface area (Å²) in [6.45, 7) is 5.37. The van der Waals surface area contributed by atoms with Gasteiger partial charge in [-0.2, -0.15) is 26.3 Å². The molecule has 4 rings (SSSR count). The largest absolute Gasteiger partial charge is 0.490 e. The van der Waals surface area contributed by atoms with Crippen LogP contribution in [0, 0.1) is 5.92 Å². The fourth-order valence-corrected chi connectivity index (χ4v) is 3.65. The number of alkyl halides is 6. The fraction of sp³-hybridized carbons (Fsp3) is 0.545. The van der Waals surface area contributed by atoms with Gasteiger partial charge in [-0.05, 0) is 18.9 Å². The van der Waals surface area contributed by atoms with Crippen molar-refractivity contribution in [1.29, 1.82) is 0 Å². The van der Waals surface area contributed by atoms with Crippen molar-refractivity contribution in [3.8, 4) is 5.88 Å². The molecular formula is C22H26F6N4O6. The Bertz CT molecular complexity index is 988. The van der Waals surface area contributed by atoms with E-state index in [0.717, 1.165) is 45.7 Å². The van der Waals surface area contributed by atoms with Crippen LogP contribution in [0.15, 0.2) is 36.9 Å². The number of halogens is 6. The molecule has 2 N–H and O–H groups in total. The van der Waals surface area contributed by atoms with Gasteiger partial charge in [-0.3, -0.25) is 4.90 Å². The summed E-state index contributed by atoms with van der Waals surface area (Å²) in [6.07, 6.45) is -2.24. The molecule has 1 atom stereocenters. The van der Waals surface area contributed by atoms with Crippen molar-refractivity contribution in [1.82, 2.24) is 19.4 Å². The Kier molecular flexibility index (Phi) is 11.3. The second-order valence-electron chi connectivity index (χ2n) is 8.26. The van der Waals surface area contributed by atoms with Crippen LogP contribution in [0.2, 0.25) is 0 Å². The average molecular weight is 556 g/mol. The summed E-state index contributed by atoms with van der Waals surface area (Å²) in [5.41, 5.74) is 1.29. The van der Waals surface area contributed by atoms with Gasteiger partial charge in [0, 0.05) is 63.3 Å². The van der Waals surface area contributed by atoms with Crippen molar-refractivity contribution in [2.24, 2.45) is 5.92 Å². The molecule has 0 saturated carbocycles. The van der Waals surface area contributed by atoms with Crippen molar-refractivity contribution in [3.05, 3.63) is 42.6 Å². The van der Waals surface area contributed by atoms with E-state index in [1.165, 1.54) is 5.69 Å². The number of carboxylic acid groups (broad SMARTS) is 2. The zero-order valence-electron chi connectivity index (χ0n) is 19.9. The van der Waals surface area contributed by atoms with Crippen LogP contribution < -0.4 is 4.74 Å². The number of aliphatic carboxylic acids is 2. The summed E-state index contributed by atoms with van der Waals surface area (Å²) < 4.78 is 77.2. The molecule has 2 aliphatic heterocycles. The van der Waals surface area contributed by atoms with E-state index < -0.39 is 24.3 Å². The van der Waals surface area contributed by atoms with Crippen LogP contribution in [0.3, 0.4) is 0 Å². The highest BCUT2D eigenvalue weighted by Gasteiger charge is 2.39. The summed E-state index contributed by atoms with van der Waals surface area (Å²) in [4.78, 5) is 29.0. The molecule has 0 bridgehead atoms. The first-order valence-corrected chi connectivity index (χ1v) is 11.2. The monoisotopic (exact) mass is 556 g/mol. The van der Waals surface area contributed by atoms with Gasteiger partial charge in [0.25, 0.3) is 0 Å². The Hall–Kier alpha value is -3.40. The number of pyridine rings is 1. The van der Waals surface area contributed by atoms with Gasteiger partial charge in [0.2, 0.25) is 5.88 Å². The van der Waals surface area contributed by atoms with Gasteiger partial charge in [0.05, 0.1) is 18.6 Å². The standard InChI is InChI=1S/C18H24N4O2.2C2HF3O2/c1-2-6-20-18(3-1)24-13-15-10-21(16-4-7-23-8-5-16)12-17-9-19-14-22(17)11-15;2*3-2(4,5)1(6)7/h1-3,6,9,14-16H,4-5,7-8,10-13H2;2*(H,6,7). The maximum atomic E-state index is 10.6. The van der Waals surface area contributed by atoms with E-state index in [1.807, 2.05) is 30.7 Å². The second kappa shape index (κ2) is 13.9. The van der Waals surface area contributed by atoms with Gasteiger partial charge in [-0.1, -0.05) is 6.07 Å². The molecule has 2 aromatic heterocycles. The summed E-state index contributed by atoms with van der Waals surface area (Å²) >= 11 is 0. The van der Waals surface area contributed by atoms with Gasteiger partial charge in [0.1, 0.15) is 0 Å². The predicted octanol–water partition coefficient (Wildman–Crippen LogP) is 3.23. The molecule has 0 radical (unpaired) electrons. The number of rotatable bonds is 4. The number of nitrogens with zero attached hydrogens (tertiary/aromatic N) is 4. The van der Waals surface area contributed by atoms with E-state index in [-0.39, 0.29) is 0 Å². The molecule has 2 aliphatic rings. The molecule has 212 valence electrons. The van der Waals surface area contributed by atoms with Crippen LogP contribution in [0.25, 0.3) is 0 Å². The Morgan fingerprint density at radius 1 is 1.03 bits per heavy atom. The molecule has 38 heavy (non-hydrogen) atoms. The second-order valence-corrected chi connectivity index (χ2v) is 8.26. The minimum atomic E-state index is -5.08. The number of hydrogen-bond donors (Lipinski definition) is 2. The van der Waals surface area contributed by atoms with Gasteiger partial charge in [-0.25, -0.2) is 19.6 Å². The average Bonchev–Trinajstić information content (AvgIpc) is 3.21. The lowest BCUT2D eigenvalue weighted by Crippen LogP contribution is -2.41. The van der Waals surface area contributed by atoms with Crippen LogP contribution in [0.1, 0.15) is 18.5 Å². The first-order chi connectivity index (χ1) is 17.8. The van der Waals surface area contributed by atoms with Crippen molar-refractivity contribution in [3.63, 3.8) is 0 Å². The summed E-state index contributed by atoms with van der Waals surface area (Å²) in [6, 6.07) is 6.37. The van der Waals surface area contributed by atoms with E-state index in [0.29, 0.717) is 24.4 Å². The molecule has 0 spiro atoms. The molecule has 1 fully saturated rings. The van der Waals surface area contributed by atoms with Gasteiger partial charge in [0.15, 0.2) is 0 Å². The molecular weight excluding hydrogens is 530 g/mol. The molecule has 1 unspecified atom stereocenters. The van der Waals surface area contributed by atoms with Crippen molar-refractivity contribution in [2.45, 2.75) is 44.3 Å². The number of carbonyl (C=O) groups is 2. The number of carboxylic acids is 2. The lowest BCUT2D eigenvalue weighted by Gasteiger charge is -2.34. The number of hydrogen-bond acceptors (Lipinski definition) is 7. The van der Waals surface area contributed by atoms with Gasteiger partial charge >= 0.3 is 24.3 Å². The molecule has 0 aromatic carbocycles. The van der Waals surface area contributed by atoms with Crippen molar-refractivity contribution < 1.29 is 55.6 Å². The summed E-state index contributed by atoms with van der Waals surface area (Å²) in [5.74, 6) is -4.39. The van der Waals surface area contributed by atoms with Crippen LogP contribution in [-0.4, -0.2) is 86.3 Å². The molecule has 16 heteroatoms. The lowest BCUT2D eigenvalue weighted by molar-refractivity contribution is -0.193. The molecule has 2 aromatic rings. The normalized spacial score (nSPS) is 18.5. The molecule has 4 heterocycles. The third-order valence-corrected chi connectivity index (χ3v) is 5.41. The van der Waals surface area contributed by atoms with Crippen LogP contribution in [-0.2, 0) is 27.4 Å². The highest BCUT2D eigenvalue weighted by Crippen LogP contribution is 2.23. The van der Waals surface area contributed by atoms with Crippen LogP contribution in [0.4, 0.5) is 26.3 Å². The molecule has 0 aliphatic carbocycles. The third-order valence-electron chi connectivity index (χ3n) is 5.41. The quantitative estimate of drug-likeness (QED) is 0.546. The Labute approximate surface area is 212 Å². The predicted molar refractivity (Wildman–Crippen MR) is 117 cm³/mol. The van der Waals surface area contributed by atoms with Crippen LogP contribution >= 0.6 is 0 Å². The smallest absolute Gasteiger partial charge is 0.477 e. The first-order valence-electron chi connectivity index (χ1n) is 11.2. The van der Waals surface area contributed by atoms with E-state index >= 15 is 0 Å². The minimum absolute atomic E-state index is 0.422. The first kappa shape index (κ1) is 30.8.